The van der Waals surface area contributed by atoms with Crippen molar-refractivity contribution in [3.8, 4) is 11.3 Å². The van der Waals surface area contributed by atoms with Gasteiger partial charge < -0.3 is 5.73 Å². The number of benzene rings is 1. The van der Waals surface area contributed by atoms with Gasteiger partial charge in [0.05, 0.1) is 11.7 Å². The Morgan fingerprint density at radius 3 is 3.00 bits per heavy atom. The third-order valence-corrected chi connectivity index (χ3v) is 5.08. The van der Waals surface area contributed by atoms with Gasteiger partial charge in [0.15, 0.2) is 0 Å². The highest BCUT2D eigenvalue weighted by atomic mass is 32.1. The minimum Gasteiger partial charge on any atom is -0.322 e. The maximum absolute atomic E-state index is 6.22. The molecule has 2 unspecified atom stereocenters. The van der Waals surface area contributed by atoms with Crippen molar-refractivity contribution >= 4 is 11.3 Å². The van der Waals surface area contributed by atoms with Crippen LogP contribution in [0.25, 0.3) is 11.3 Å². The molecule has 1 aromatic carbocycles. The fourth-order valence-electron chi connectivity index (χ4n) is 2.84. The SMILES string of the molecule is CCCC(N)c1nc2c(s1)CC(C)c1ccccc1-2. The van der Waals surface area contributed by atoms with Crippen molar-refractivity contribution in [2.75, 3.05) is 0 Å². The molecule has 1 aliphatic rings. The maximum atomic E-state index is 6.22. The Labute approximate surface area is 118 Å². The summed E-state index contributed by atoms with van der Waals surface area (Å²) in [6.45, 7) is 4.47. The quantitative estimate of drug-likeness (QED) is 0.906. The molecule has 2 nitrogen and oxygen atoms in total. The molecule has 0 spiro atoms. The second-order valence-electron chi connectivity index (χ2n) is 5.41. The molecule has 0 radical (unpaired) electrons. The van der Waals surface area contributed by atoms with Crippen LogP contribution in [0.15, 0.2) is 24.3 Å². The molecular weight excluding hydrogens is 252 g/mol. The topological polar surface area (TPSA) is 38.9 Å². The minimum atomic E-state index is 0.100. The van der Waals surface area contributed by atoms with Crippen LogP contribution in [-0.2, 0) is 6.42 Å². The lowest BCUT2D eigenvalue weighted by molar-refractivity contribution is 0.635. The van der Waals surface area contributed by atoms with Crippen molar-refractivity contribution in [3.63, 3.8) is 0 Å². The van der Waals surface area contributed by atoms with Crippen molar-refractivity contribution in [1.82, 2.24) is 4.98 Å². The molecule has 2 N–H and O–H groups in total. The summed E-state index contributed by atoms with van der Waals surface area (Å²) in [4.78, 5) is 6.25. The van der Waals surface area contributed by atoms with Crippen molar-refractivity contribution in [3.05, 3.63) is 39.7 Å². The van der Waals surface area contributed by atoms with Gasteiger partial charge in [-0.05, 0) is 24.3 Å². The molecule has 0 fully saturated rings. The van der Waals surface area contributed by atoms with Gasteiger partial charge in [-0.25, -0.2) is 4.98 Å². The first-order valence-corrected chi connectivity index (χ1v) is 7.86. The van der Waals surface area contributed by atoms with Gasteiger partial charge in [-0.3, -0.25) is 0 Å². The standard InChI is InChI=1S/C16H20N2S/c1-3-6-13(17)16-18-15-12-8-5-4-7-11(12)10(2)9-14(15)19-16/h4-5,7-8,10,13H,3,6,9,17H2,1-2H3. The molecule has 0 saturated heterocycles. The van der Waals surface area contributed by atoms with E-state index in [4.69, 9.17) is 10.7 Å². The Balaban J connectivity index is 2.05. The summed E-state index contributed by atoms with van der Waals surface area (Å²) in [6, 6.07) is 8.75. The predicted molar refractivity (Wildman–Crippen MR) is 81.5 cm³/mol. The number of rotatable bonds is 3. The zero-order valence-electron chi connectivity index (χ0n) is 11.5. The third kappa shape index (κ3) is 2.21. The van der Waals surface area contributed by atoms with Crippen LogP contribution >= 0.6 is 11.3 Å². The Morgan fingerprint density at radius 1 is 1.42 bits per heavy atom. The van der Waals surface area contributed by atoms with Crippen LogP contribution < -0.4 is 5.73 Å². The molecule has 1 aromatic heterocycles. The van der Waals surface area contributed by atoms with Crippen LogP contribution in [0, 0.1) is 0 Å². The average Bonchev–Trinajstić information content (AvgIpc) is 2.83. The summed E-state index contributed by atoms with van der Waals surface area (Å²) < 4.78 is 0. The summed E-state index contributed by atoms with van der Waals surface area (Å²) >= 11 is 1.81. The van der Waals surface area contributed by atoms with E-state index in [1.165, 1.54) is 21.7 Å². The van der Waals surface area contributed by atoms with Gasteiger partial charge in [-0.15, -0.1) is 11.3 Å². The van der Waals surface area contributed by atoms with Gasteiger partial charge in [-0.1, -0.05) is 44.5 Å². The molecule has 1 heterocycles. The Bertz CT molecular complexity index is 588. The highest BCUT2D eigenvalue weighted by Gasteiger charge is 2.26. The maximum Gasteiger partial charge on any atom is 0.110 e. The van der Waals surface area contributed by atoms with E-state index in [0.717, 1.165) is 24.3 Å². The summed E-state index contributed by atoms with van der Waals surface area (Å²) in [5.74, 6) is 0.583. The van der Waals surface area contributed by atoms with Crippen LogP contribution in [0.1, 0.15) is 54.1 Å². The van der Waals surface area contributed by atoms with E-state index in [2.05, 4.69) is 38.1 Å². The first-order chi connectivity index (χ1) is 9.20. The number of aromatic nitrogens is 1. The predicted octanol–water partition coefficient (Wildman–Crippen LogP) is 4.27. The molecule has 0 saturated carbocycles. The van der Waals surface area contributed by atoms with Crippen LogP contribution in [0.2, 0.25) is 0 Å². The highest BCUT2D eigenvalue weighted by Crippen LogP contribution is 2.42. The number of hydrogen-bond donors (Lipinski definition) is 1. The molecule has 1 aliphatic carbocycles. The average molecular weight is 272 g/mol. The lowest BCUT2D eigenvalue weighted by atomic mass is 9.86. The second-order valence-corrected chi connectivity index (χ2v) is 6.53. The van der Waals surface area contributed by atoms with Crippen LogP contribution in [0.3, 0.4) is 0 Å². The van der Waals surface area contributed by atoms with Gasteiger partial charge in [0.1, 0.15) is 5.01 Å². The Kier molecular flexibility index (Phi) is 3.42. The van der Waals surface area contributed by atoms with E-state index in [0.29, 0.717) is 5.92 Å². The van der Waals surface area contributed by atoms with Crippen molar-refractivity contribution in [1.29, 1.82) is 0 Å². The van der Waals surface area contributed by atoms with Gasteiger partial charge in [0.2, 0.25) is 0 Å². The van der Waals surface area contributed by atoms with E-state index < -0.39 is 0 Å². The molecule has 100 valence electrons. The highest BCUT2D eigenvalue weighted by molar-refractivity contribution is 7.12. The zero-order chi connectivity index (χ0) is 13.4. The second kappa shape index (κ2) is 5.06. The fourth-order valence-corrected chi connectivity index (χ4v) is 4.09. The Morgan fingerprint density at radius 2 is 2.21 bits per heavy atom. The van der Waals surface area contributed by atoms with Gasteiger partial charge in [-0.2, -0.15) is 0 Å². The van der Waals surface area contributed by atoms with Gasteiger partial charge >= 0.3 is 0 Å². The van der Waals surface area contributed by atoms with Crippen LogP contribution in [0.5, 0.6) is 0 Å². The molecule has 0 aliphatic heterocycles. The first-order valence-electron chi connectivity index (χ1n) is 7.05. The van der Waals surface area contributed by atoms with E-state index in [1.54, 1.807) is 0 Å². The van der Waals surface area contributed by atoms with Gasteiger partial charge in [0, 0.05) is 10.4 Å². The smallest absolute Gasteiger partial charge is 0.110 e. The summed E-state index contributed by atoms with van der Waals surface area (Å²) in [5, 5.41) is 1.11. The fraction of sp³-hybridized carbons (Fsp3) is 0.438. The third-order valence-electron chi connectivity index (χ3n) is 3.87. The number of fused-ring (bicyclic) bond motifs is 3. The summed E-state index contributed by atoms with van der Waals surface area (Å²) in [5.41, 5.74) is 10.1. The van der Waals surface area contributed by atoms with Crippen LogP contribution in [-0.4, -0.2) is 4.98 Å². The lowest BCUT2D eigenvalue weighted by Gasteiger charge is -2.21. The number of thiazole rings is 1. The molecule has 3 heteroatoms. The summed E-state index contributed by atoms with van der Waals surface area (Å²) in [6.07, 6.45) is 3.23. The minimum absolute atomic E-state index is 0.100. The molecular formula is C16H20N2S. The normalized spacial score (nSPS) is 18.8. The number of nitrogens with zero attached hydrogens (tertiary/aromatic N) is 1. The largest absolute Gasteiger partial charge is 0.322 e. The first kappa shape index (κ1) is 12.8. The molecule has 0 amide bonds. The lowest BCUT2D eigenvalue weighted by Crippen LogP contribution is -2.09. The molecule has 2 aromatic rings. The zero-order valence-corrected chi connectivity index (χ0v) is 12.3. The number of hydrogen-bond acceptors (Lipinski definition) is 3. The van der Waals surface area contributed by atoms with Crippen molar-refractivity contribution in [2.24, 2.45) is 5.73 Å². The van der Waals surface area contributed by atoms with E-state index >= 15 is 0 Å². The molecule has 0 bridgehead atoms. The molecule has 19 heavy (non-hydrogen) atoms. The van der Waals surface area contributed by atoms with Gasteiger partial charge in [0.25, 0.3) is 0 Å². The summed E-state index contributed by atoms with van der Waals surface area (Å²) in [7, 11) is 0. The van der Waals surface area contributed by atoms with Crippen LogP contribution in [0.4, 0.5) is 0 Å². The van der Waals surface area contributed by atoms with Crippen molar-refractivity contribution in [2.45, 2.75) is 45.1 Å². The van der Waals surface area contributed by atoms with Crippen molar-refractivity contribution < 1.29 is 0 Å². The molecule has 2 atom stereocenters. The Hall–Kier alpha value is -1.19. The van der Waals surface area contributed by atoms with E-state index in [1.807, 2.05) is 11.3 Å². The monoisotopic (exact) mass is 272 g/mol. The van der Waals surface area contributed by atoms with E-state index in [-0.39, 0.29) is 6.04 Å². The molecule has 3 rings (SSSR count). The van der Waals surface area contributed by atoms with E-state index in [9.17, 15) is 0 Å². The number of nitrogens with two attached hydrogens (primary N) is 1.